The normalized spacial score (nSPS) is 16.2. The van der Waals surface area contributed by atoms with Crippen LogP contribution in [0, 0.1) is 0 Å². The fourth-order valence-electron chi connectivity index (χ4n) is 2.95. The number of hydrogen-bond donors (Lipinski definition) is 1. The topological polar surface area (TPSA) is 59.3 Å². The van der Waals surface area contributed by atoms with Crippen LogP contribution >= 0.6 is 11.8 Å². The van der Waals surface area contributed by atoms with E-state index in [1.54, 1.807) is 6.92 Å². The minimum absolute atomic E-state index is 0.167. The number of rotatable bonds is 6. The van der Waals surface area contributed by atoms with Crippen LogP contribution in [0.15, 0.2) is 35.1 Å². The first-order chi connectivity index (χ1) is 12.8. The van der Waals surface area contributed by atoms with E-state index in [0.29, 0.717) is 12.2 Å². The highest BCUT2D eigenvalue weighted by atomic mass is 32.2. The van der Waals surface area contributed by atoms with Crippen LogP contribution in [-0.2, 0) is 11.0 Å². The zero-order valence-corrected chi connectivity index (χ0v) is 15.7. The summed E-state index contributed by atoms with van der Waals surface area (Å²) >= 11 is 1.09. The van der Waals surface area contributed by atoms with E-state index in [9.17, 15) is 18.0 Å². The van der Waals surface area contributed by atoms with Gasteiger partial charge in [0, 0.05) is 12.7 Å². The second-order valence-electron chi connectivity index (χ2n) is 6.54. The smallest absolute Gasteiger partial charge is 0.355 e. The molecular formula is C18H21F3N4OS. The van der Waals surface area contributed by atoms with Gasteiger partial charge in [-0.3, -0.25) is 9.20 Å². The monoisotopic (exact) mass is 398 g/mol. The maximum atomic E-state index is 12.9. The lowest BCUT2D eigenvalue weighted by molar-refractivity contribution is -0.137. The van der Waals surface area contributed by atoms with Crippen LogP contribution in [0.4, 0.5) is 13.2 Å². The molecule has 2 aromatic rings. The highest BCUT2D eigenvalue weighted by molar-refractivity contribution is 8.00. The van der Waals surface area contributed by atoms with E-state index in [-0.39, 0.29) is 11.1 Å². The van der Waals surface area contributed by atoms with Gasteiger partial charge in [0.05, 0.1) is 10.8 Å². The Hall–Kier alpha value is -2.03. The molecule has 0 aromatic carbocycles. The second-order valence-corrected chi connectivity index (χ2v) is 7.84. The lowest BCUT2D eigenvalue weighted by Gasteiger charge is -2.14. The molecule has 0 spiro atoms. The van der Waals surface area contributed by atoms with Gasteiger partial charge in [-0.05, 0) is 51.2 Å². The number of thioether (sulfide) groups is 1. The summed E-state index contributed by atoms with van der Waals surface area (Å²) in [5, 5.41) is 10.4. The van der Waals surface area contributed by atoms with Gasteiger partial charge in [-0.1, -0.05) is 23.4 Å². The van der Waals surface area contributed by atoms with Gasteiger partial charge in [-0.25, -0.2) is 0 Å². The fourth-order valence-corrected chi connectivity index (χ4v) is 3.81. The van der Waals surface area contributed by atoms with E-state index < -0.39 is 17.0 Å². The maximum absolute atomic E-state index is 12.9. The van der Waals surface area contributed by atoms with Crippen molar-refractivity contribution in [1.82, 2.24) is 19.9 Å². The van der Waals surface area contributed by atoms with Gasteiger partial charge in [0.2, 0.25) is 5.91 Å². The average Bonchev–Trinajstić information content (AvgIpc) is 3.04. The maximum Gasteiger partial charge on any atom is 0.417 e. The van der Waals surface area contributed by atoms with E-state index in [2.05, 4.69) is 21.6 Å². The van der Waals surface area contributed by atoms with Crippen molar-refractivity contribution in [3.63, 3.8) is 0 Å². The first-order valence-corrected chi connectivity index (χ1v) is 9.77. The van der Waals surface area contributed by atoms with Crippen molar-refractivity contribution in [2.24, 2.45) is 0 Å². The lowest BCUT2D eigenvalue weighted by Crippen LogP contribution is -2.32. The molecule has 1 N–H and O–H groups in total. The molecule has 27 heavy (non-hydrogen) atoms. The largest absolute Gasteiger partial charge is 0.417 e. The average molecular weight is 398 g/mol. The zero-order valence-electron chi connectivity index (χ0n) is 14.9. The summed E-state index contributed by atoms with van der Waals surface area (Å²) < 4.78 is 40.0. The minimum Gasteiger partial charge on any atom is -0.355 e. The van der Waals surface area contributed by atoms with Crippen LogP contribution in [0.1, 0.15) is 44.6 Å². The van der Waals surface area contributed by atoms with Crippen LogP contribution in [0.2, 0.25) is 0 Å². The number of fused-ring (bicyclic) bond motifs is 1. The Kier molecular flexibility index (Phi) is 6.08. The number of alkyl halides is 3. The van der Waals surface area contributed by atoms with Gasteiger partial charge in [-0.15, -0.1) is 10.2 Å². The number of halogens is 3. The molecule has 0 fully saturated rings. The molecule has 1 aliphatic carbocycles. The van der Waals surface area contributed by atoms with Crippen LogP contribution < -0.4 is 5.32 Å². The SMILES string of the molecule is C[C@@H](Sc1nnc2ccc(C(F)(F)F)cn12)C(=O)NCCC1=CCCCC1. The molecule has 0 unspecified atom stereocenters. The first kappa shape index (κ1) is 19.7. The molecule has 1 aliphatic rings. The van der Waals surface area contributed by atoms with E-state index >= 15 is 0 Å². The van der Waals surface area contributed by atoms with Crippen molar-refractivity contribution in [2.45, 2.75) is 55.6 Å². The molecule has 1 amide bonds. The quantitative estimate of drug-likeness (QED) is 0.584. The predicted octanol–water partition coefficient (Wildman–Crippen LogP) is 4.24. The van der Waals surface area contributed by atoms with Gasteiger partial charge >= 0.3 is 6.18 Å². The van der Waals surface area contributed by atoms with Crippen LogP contribution in [-0.4, -0.2) is 32.3 Å². The van der Waals surface area contributed by atoms with Crippen molar-refractivity contribution in [2.75, 3.05) is 6.54 Å². The van der Waals surface area contributed by atoms with Crippen molar-refractivity contribution < 1.29 is 18.0 Å². The Morgan fingerprint density at radius 2 is 2.15 bits per heavy atom. The molecule has 5 nitrogen and oxygen atoms in total. The fraction of sp³-hybridized carbons (Fsp3) is 0.500. The summed E-state index contributed by atoms with van der Waals surface area (Å²) in [6.07, 6.45) is 4.22. The molecule has 0 radical (unpaired) electrons. The Bertz CT molecular complexity index is 847. The Morgan fingerprint density at radius 1 is 1.33 bits per heavy atom. The molecule has 0 saturated carbocycles. The van der Waals surface area contributed by atoms with E-state index in [1.807, 2.05) is 0 Å². The van der Waals surface area contributed by atoms with E-state index in [4.69, 9.17) is 0 Å². The van der Waals surface area contributed by atoms with Crippen molar-refractivity contribution in [3.05, 3.63) is 35.5 Å². The third-order valence-corrected chi connectivity index (χ3v) is 5.54. The van der Waals surface area contributed by atoms with Crippen LogP contribution in [0.3, 0.4) is 0 Å². The highest BCUT2D eigenvalue weighted by Gasteiger charge is 2.31. The first-order valence-electron chi connectivity index (χ1n) is 8.89. The summed E-state index contributed by atoms with van der Waals surface area (Å²) in [7, 11) is 0. The Labute approximate surface area is 159 Å². The second kappa shape index (κ2) is 8.33. The summed E-state index contributed by atoms with van der Waals surface area (Å²) in [4.78, 5) is 12.3. The van der Waals surface area contributed by atoms with Gasteiger partial charge in [0.25, 0.3) is 0 Å². The molecule has 2 heterocycles. The Morgan fingerprint density at radius 3 is 2.85 bits per heavy atom. The van der Waals surface area contributed by atoms with E-state index in [1.165, 1.54) is 28.9 Å². The number of carbonyl (C=O) groups is 1. The molecule has 3 rings (SSSR count). The standard InChI is InChI=1S/C18H21F3N4OS/c1-12(16(26)22-10-9-13-5-3-2-4-6-13)27-17-24-23-15-8-7-14(11-25(15)17)18(19,20)21/h5,7-8,11-12H,2-4,6,9-10H2,1H3,(H,22,26)/t12-/m1/s1. The number of nitrogens with zero attached hydrogens (tertiary/aromatic N) is 3. The number of pyridine rings is 1. The molecule has 0 saturated heterocycles. The zero-order chi connectivity index (χ0) is 19.4. The highest BCUT2D eigenvalue weighted by Crippen LogP contribution is 2.30. The number of carbonyl (C=O) groups excluding carboxylic acids is 1. The summed E-state index contributed by atoms with van der Waals surface area (Å²) in [5.41, 5.74) is 0.904. The van der Waals surface area contributed by atoms with E-state index in [0.717, 1.165) is 43.3 Å². The van der Waals surface area contributed by atoms with Crippen molar-refractivity contribution >= 4 is 23.3 Å². The minimum atomic E-state index is -4.45. The molecule has 2 aromatic heterocycles. The number of amides is 1. The molecule has 0 aliphatic heterocycles. The molecule has 1 atom stereocenters. The number of allylic oxidation sites excluding steroid dienone is 1. The third kappa shape index (κ3) is 5.03. The van der Waals surface area contributed by atoms with Gasteiger partial charge in [0.15, 0.2) is 10.8 Å². The van der Waals surface area contributed by atoms with Gasteiger partial charge < -0.3 is 5.32 Å². The van der Waals surface area contributed by atoms with Crippen LogP contribution in [0.5, 0.6) is 0 Å². The van der Waals surface area contributed by atoms with Gasteiger partial charge in [-0.2, -0.15) is 13.2 Å². The van der Waals surface area contributed by atoms with Gasteiger partial charge in [0.1, 0.15) is 0 Å². The number of nitrogens with one attached hydrogen (secondary N) is 1. The molecule has 0 bridgehead atoms. The Balaban J connectivity index is 1.60. The predicted molar refractivity (Wildman–Crippen MR) is 97.5 cm³/mol. The summed E-state index contributed by atoms with van der Waals surface area (Å²) in [6.45, 7) is 2.27. The third-order valence-electron chi connectivity index (χ3n) is 4.48. The van der Waals surface area contributed by atoms with Crippen molar-refractivity contribution in [3.8, 4) is 0 Å². The molecule has 146 valence electrons. The lowest BCUT2D eigenvalue weighted by atomic mass is 9.97. The number of aromatic nitrogens is 3. The molecular weight excluding hydrogens is 377 g/mol. The van der Waals surface area contributed by atoms with Crippen molar-refractivity contribution in [1.29, 1.82) is 0 Å². The summed E-state index contributed by atoms with van der Waals surface area (Å²) in [5.74, 6) is -0.167. The van der Waals surface area contributed by atoms with Crippen LogP contribution in [0.25, 0.3) is 5.65 Å². The summed E-state index contributed by atoms with van der Waals surface area (Å²) in [6, 6.07) is 2.23. The molecule has 9 heteroatoms. The number of hydrogen-bond acceptors (Lipinski definition) is 4.